The van der Waals surface area contributed by atoms with Crippen LogP contribution in [0.5, 0.6) is 0 Å². The van der Waals surface area contributed by atoms with E-state index in [2.05, 4.69) is 15.0 Å². The second-order valence-corrected chi connectivity index (χ2v) is 9.65. The molecule has 4 atom stereocenters. The number of hydrogen-bond acceptors (Lipinski definition) is 6. The van der Waals surface area contributed by atoms with Crippen LogP contribution in [0, 0.1) is 0 Å². The Bertz CT molecular complexity index is 1370. The fraction of sp³-hybridized carbons (Fsp3) is 0.333. The Labute approximate surface area is 241 Å². The summed E-state index contributed by atoms with van der Waals surface area (Å²) in [6, 6.07) is 24.2. The summed E-state index contributed by atoms with van der Waals surface area (Å²) in [6.45, 7) is 1.94. The highest BCUT2D eigenvalue weighted by Gasteiger charge is 2.44. The van der Waals surface area contributed by atoms with Crippen molar-refractivity contribution in [3.63, 3.8) is 0 Å². The van der Waals surface area contributed by atoms with Gasteiger partial charge in [-0.3, -0.25) is 4.90 Å². The molecule has 0 radical (unpaired) electrons. The lowest BCUT2D eigenvalue weighted by Crippen LogP contribution is -2.52. The first kappa shape index (κ1) is 30.4. The highest BCUT2D eigenvalue weighted by Crippen LogP contribution is 2.31. The monoisotopic (exact) mass is 581 g/mol. The molecule has 9 nitrogen and oxygen atoms in total. The molecule has 0 spiro atoms. The van der Waals surface area contributed by atoms with Crippen LogP contribution in [-0.4, -0.2) is 47.5 Å². The van der Waals surface area contributed by atoms with Gasteiger partial charge >= 0.3 is 12.3 Å². The van der Waals surface area contributed by atoms with Crippen molar-refractivity contribution >= 4 is 17.7 Å². The lowest BCUT2D eigenvalue weighted by atomic mass is 9.98. The van der Waals surface area contributed by atoms with Crippen LogP contribution in [0.25, 0.3) is 10.4 Å². The summed E-state index contributed by atoms with van der Waals surface area (Å²) in [5.74, 6) is -1.53. The molecule has 1 saturated heterocycles. The van der Waals surface area contributed by atoms with Crippen LogP contribution < -0.4 is 0 Å². The van der Waals surface area contributed by atoms with Gasteiger partial charge in [0.1, 0.15) is 6.61 Å². The summed E-state index contributed by atoms with van der Waals surface area (Å²) in [7, 11) is 0. The molecule has 3 aromatic carbocycles. The minimum absolute atomic E-state index is 0.0288. The summed E-state index contributed by atoms with van der Waals surface area (Å²) < 4.78 is 58.7. The average Bonchev–Trinajstić information content (AvgIpc) is 3.00. The topological polar surface area (TPSA) is 109 Å². The lowest BCUT2D eigenvalue weighted by Gasteiger charge is -2.40. The molecule has 0 N–H and O–H groups in total. The van der Waals surface area contributed by atoms with Crippen molar-refractivity contribution in [3.8, 4) is 0 Å². The number of carbonyl (C=O) groups is 1. The van der Waals surface area contributed by atoms with Crippen molar-refractivity contribution in [1.82, 2.24) is 4.90 Å². The number of para-hydroxylation sites is 1. The molecule has 220 valence electrons. The van der Waals surface area contributed by atoms with Crippen molar-refractivity contribution in [2.24, 2.45) is 10.1 Å². The van der Waals surface area contributed by atoms with E-state index in [4.69, 9.17) is 19.7 Å². The number of alkyl halides is 3. The summed E-state index contributed by atoms with van der Waals surface area (Å²) in [5, 5.41) is 3.61. The van der Waals surface area contributed by atoms with Gasteiger partial charge in [0.2, 0.25) is 6.29 Å². The SMILES string of the molecule is C[C@@H]([C@@H]1CC[C@@H](N=[N+]=[N-])C(OC(=Nc2ccccc2)C(F)(F)F)O1)N(Cc1ccccc1)C(=O)OCc1ccccc1. The fourth-order valence-corrected chi connectivity index (χ4v) is 4.49. The van der Waals surface area contributed by atoms with E-state index < -0.39 is 42.6 Å². The molecule has 1 amide bonds. The zero-order valence-corrected chi connectivity index (χ0v) is 22.8. The van der Waals surface area contributed by atoms with E-state index >= 15 is 0 Å². The number of nitrogens with zero attached hydrogens (tertiary/aromatic N) is 5. The molecule has 4 rings (SSSR count). The van der Waals surface area contributed by atoms with Gasteiger partial charge in [0, 0.05) is 11.5 Å². The minimum Gasteiger partial charge on any atom is -0.445 e. The van der Waals surface area contributed by atoms with Gasteiger partial charge in [-0.25, -0.2) is 9.79 Å². The Kier molecular flexibility index (Phi) is 10.4. The number of rotatable bonds is 9. The van der Waals surface area contributed by atoms with Crippen molar-refractivity contribution in [1.29, 1.82) is 0 Å². The summed E-state index contributed by atoms with van der Waals surface area (Å²) >= 11 is 0. The molecule has 1 heterocycles. The third-order valence-corrected chi connectivity index (χ3v) is 6.69. The smallest absolute Gasteiger partial charge is 0.445 e. The highest BCUT2D eigenvalue weighted by atomic mass is 19.4. The van der Waals surface area contributed by atoms with Crippen LogP contribution in [0.1, 0.15) is 30.9 Å². The van der Waals surface area contributed by atoms with Crippen LogP contribution in [0.2, 0.25) is 0 Å². The Morgan fingerprint density at radius 1 is 1.00 bits per heavy atom. The van der Waals surface area contributed by atoms with Gasteiger partial charge in [-0.2, -0.15) is 13.2 Å². The molecule has 1 unspecified atom stereocenters. The van der Waals surface area contributed by atoms with E-state index in [-0.39, 0.29) is 25.3 Å². The molecular weight excluding hydrogens is 551 g/mol. The molecule has 3 aromatic rings. The molecule has 1 aliphatic heterocycles. The van der Waals surface area contributed by atoms with E-state index in [1.165, 1.54) is 17.0 Å². The van der Waals surface area contributed by atoms with Gasteiger partial charge in [-0.1, -0.05) is 84.0 Å². The van der Waals surface area contributed by atoms with Gasteiger partial charge in [-0.15, -0.1) is 0 Å². The highest BCUT2D eigenvalue weighted by molar-refractivity contribution is 5.84. The van der Waals surface area contributed by atoms with Gasteiger partial charge in [0.25, 0.3) is 5.90 Å². The number of hydrogen-bond donors (Lipinski definition) is 0. The zero-order chi connectivity index (χ0) is 30.0. The maximum absolute atomic E-state index is 13.9. The quantitative estimate of drug-likeness (QED) is 0.0848. The van der Waals surface area contributed by atoms with Gasteiger partial charge in [-0.05, 0) is 48.6 Å². The van der Waals surface area contributed by atoms with Crippen molar-refractivity contribution in [2.45, 2.75) is 63.6 Å². The number of azide groups is 1. The molecule has 0 bridgehead atoms. The summed E-state index contributed by atoms with van der Waals surface area (Å²) in [6.07, 6.45) is -7.46. The van der Waals surface area contributed by atoms with Crippen LogP contribution in [-0.2, 0) is 27.4 Å². The number of amides is 1. The van der Waals surface area contributed by atoms with Crippen LogP contribution >= 0.6 is 0 Å². The Morgan fingerprint density at radius 2 is 1.60 bits per heavy atom. The Morgan fingerprint density at radius 3 is 2.19 bits per heavy atom. The Hall–Kier alpha value is -4.54. The largest absolute Gasteiger partial charge is 0.468 e. The molecule has 1 fully saturated rings. The van der Waals surface area contributed by atoms with Gasteiger partial charge < -0.3 is 14.2 Å². The fourth-order valence-electron chi connectivity index (χ4n) is 4.49. The van der Waals surface area contributed by atoms with Gasteiger partial charge in [0.05, 0.1) is 23.9 Å². The maximum Gasteiger partial charge on any atom is 0.468 e. The van der Waals surface area contributed by atoms with E-state index in [9.17, 15) is 18.0 Å². The first-order chi connectivity index (χ1) is 20.2. The second-order valence-electron chi connectivity index (χ2n) is 9.65. The first-order valence-corrected chi connectivity index (χ1v) is 13.3. The van der Waals surface area contributed by atoms with Crippen molar-refractivity contribution in [2.75, 3.05) is 0 Å². The predicted molar refractivity (Wildman–Crippen MR) is 150 cm³/mol. The lowest BCUT2D eigenvalue weighted by molar-refractivity contribution is -0.193. The second kappa shape index (κ2) is 14.4. The summed E-state index contributed by atoms with van der Waals surface area (Å²) in [5.41, 5.74) is 10.7. The third kappa shape index (κ3) is 8.48. The molecule has 12 heteroatoms. The van der Waals surface area contributed by atoms with Crippen molar-refractivity contribution < 1.29 is 32.2 Å². The van der Waals surface area contributed by atoms with E-state index in [0.29, 0.717) is 6.42 Å². The van der Waals surface area contributed by atoms with E-state index in [0.717, 1.165) is 11.1 Å². The predicted octanol–water partition coefficient (Wildman–Crippen LogP) is 7.71. The third-order valence-electron chi connectivity index (χ3n) is 6.69. The van der Waals surface area contributed by atoms with Crippen LogP contribution in [0.4, 0.5) is 23.7 Å². The van der Waals surface area contributed by atoms with E-state index in [1.807, 2.05) is 60.7 Å². The van der Waals surface area contributed by atoms with Gasteiger partial charge in [0.15, 0.2) is 0 Å². The average molecular weight is 582 g/mol. The Balaban J connectivity index is 1.56. The number of halogens is 3. The van der Waals surface area contributed by atoms with Crippen LogP contribution in [0.3, 0.4) is 0 Å². The number of aliphatic imine (C=N–C) groups is 1. The molecule has 1 aliphatic rings. The molecule has 0 aromatic heterocycles. The standard InChI is InChI=1S/C30H30F3N5O4/c1-21(38(19-22-11-5-2-6-12-22)29(39)40-20-23-13-7-3-8-14-23)26-18-17-25(36-37-34)27(41-26)42-28(30(31,32)33)35-24-15-9-4-10-16-24/h2-16,21,25-27H,17-20H2,1H3/t21-,25+,26-,27?/m0/s1. The number of carbonyl (C=O) groups excluding carboxylic acids is 1. The summed E-state index contributed by atoms with van der Waals surface area (Å²) in [4.78, 5) is 21.2. The first-order valence-electron chi connectivity index (χ1n) is 13.3. The molecular formula is C30H30F3N5O4. The molecule has 0 saturated carbocycles. The zero-order valence-electron chi connectivity index (χ0n) is 22.8. The van der Waals surface area contributed by atoms with Crippen molar-refractivity contribution in [3.05, 3.63) is 113 Å². The number of ether oxygens (including phenoxy) is 3. The number of benzene rings is 3. The van der Waals surface area contributed by atoms with Crippen LogP contribution in [0.15, 0.2) is 101 Å². The van der Waals surface area contributed by atoms with E-state index in [1.54, 1.807) is 25.1 Å². The molecule has 0 aliphatic carbocycles. The minimum atomic E-state index is -4.95. The maximum atomic E-state index is 13.9. The normalized spacial score (nSPS) is 19.7. The molecule has 42 heavy (non-hydrogen) atoms.